The molecule has 0 spiro atoms. The molecule has 3 rings (SSSR count). The van der Waals surface area contributed by atoms with Crippen LogP contribution in [0.3, 0.4) is 0 Å². The summed E-state index contributed by atoms with van der Waals surface area (Å²) in [5, 5.41) is 7.94. The molecule has 1 heterocycles. The molecule has 0 unspecified atom stereocenters. The Hall–Kier alpha value is -2.51. The number of aromatic nitrogens is 2. The van der Waals surface area contributed by atoms with E-state index in [1.807, 2.05) is 60.7 Å². The first-order valence-electron chi connectivity index (χ1n) is 8.01. The van der Waals surface area contributed by atoms with Gasteiger partial charge in [-0.2, -0.15) is 0 Å². The smallest absolute Gasteiger partial charge is 0.247 e. The number of sulfonamides is 1. The van der Waals surface area contributed by atoms with Crippen LogP contribution in [-0.2, 0) is 22.9 Å². The fraction of sp³-hybridized carbons (Fsp3) is 0.222. The van der Waals surface area contributed by atoms with Gasteiger partial charge < -0.3 is 4.42 Å². The zero-order chi connectivity index (χ0) is 17.5. The Morgan fingerprint density at radius 1 is 0.880 bits per heavy atom. The first-order chi connectivity index (χ1) is 12.1. The van der Waals surface area contributed by atoms with E-state index < -0.39 is 10.0 Å². The predicted octanol–water partition coefficient (Wildman–Crippen LogP) is 2.44. The minimum atomic E-state index is -3.34. The molecule has 3 aromatic rings. The summed E-state index contributed by atoms with van der Waals surface area (Å²) in [6.07, 6.45) is 0.833. The molecule has 0 saturated carbocycles. The van der Waals surface area contributed by atoms with Gasteiger partial charge in [-0.1, -0.05) is 48.5 Å². The molecular weight excluding hydrogens is 338 g/mol. The van der Waals surface area contributed by atoms with E-state index in [9.17, 15) is 8.42 Å². The first-order valence-corrected chi connectivity index (χ1v) is 9.67. The first kappa shape index (κ1) is 17.3. The van der Waals surface area contributed by atoms with Gasteiger partial charge in [-0.3, -0.25) is 0 Å². The standard InChI is InChI=1S/C18H19N3O3S/c22-25(23,14-12-15-7-3-1-4-8-15)19-13-11-17-20-21-18(24-17)16-9-5-2-6-10-16/h1-10,19H,11-14H2. The molecule has 6 nitrogen and oxygen atoms in total. The summed E-state index contributed by atoms with van der Waals surface area (Å²) in [6.45, 7) is 0.230. The topological polar surface area (TPSA) is 85.1 Å². The Kier molecular flexibility index (Phi) is 5.57. The minimum Gasteiger partial charge on any atom is -0.421 e. The van der Waals surface area contributed by atoms with Crippen LogP contribution < -0.4 is 4.72 Å². The van der Waals surface area contributed by atoms with Crippen molar-refractivity contribution >= 4 is 10.0 Å². The van der Waals surface area contributed by atoms with Crippen molar-refractivity contribution in [3.05, 3.63) is 72.1 Å². The van der Waals surface area contributed by atoms with E-state index in [0.717, 1.165) is 11.1 Å². The van der Waals surface area contributed by atoms with Crippen molar-refractivity contribution in [1.29, 1.82) is 0 Å². The molecule has 1 N–H and O–H groups in total. The summed E-state index contributed by atoms with van der Waals surface area (Å²) in [7, 11) is -3.34. The Morgan fingerprint density at radius 2 is 1.56 bits per heavy atom. The van der Waals surface area contributed by atoms with Crippen LogP contribution in [0.5, 0.6) is 0 Å². The average molecular weight is 357 g/mol. The molecule has 0 bridgehead atoms. The van der Waals surface area contributed by atoms with Crippen LogP contribution in [0.2, 0.25) is 0 Å². The van der Waals surface area contributed by atoms with Crippen molar-refractivity contribution in [2.45, 2.75) is 12.8 Å². The van der Waals surface area contributed by atoms with Gasteiger partial charge in [-0.05, 0) is 24.1 Å². The quantitative estimate of drug-likeness (QED) is 0.669. The summed E-state index contributed by atoms with van der Waals surface area (Å²) in [5.41, 5.74) is 1.84. The molecule has 0 aliphatic carbocycles. The number of aryl methyl sites for hydroxylation is 1. The minimum absolute atomic E-state index is 0.0517. The lowest BCUT2D eigenvalue weighted by Crippen LogP contribution is -2.29. The van der Waals surface area contributed by atoms with Gasteiger partial charge in [-0.25, -0.2) is 13.1 Å². The van der Waals surface area contributed by atoms with Gasteiger partial charge in [0, 0.05) is 18.5 Å². The van der Waals surface area contributed by atoms with E-state index >= 15 is 0 Å². The van der Waals surface area contributed by atoms with Crippen LogP contribution in [0.4, 0.5) is 0 Å². The lowest BCUT2D eigenvalue weighted by atomic mass is 10.2. The summed E-state index contributed by atoms with van der Waals surface area (Å²) in [5.74, 6) is 0.892. The third kappa shape index (κ3) is 5.23. The maximum Gasteiger partial charge on any atom is 0.247 e. The van der Waals surface area contributed by atoms with E-state index in [1.165, 1.54) is 0 Å². The highest BCUT2D eigenvalue weighted by Crippen LogP contribution is 2.16. The predicted molar refractivity (Wildman–Crippen MR) is 95.4 cm³/mol. The monoisotopic (exact) mass is 357 g/mol. The normalized spacial score (nSPS) is 11.5. The summed E-state index contributed by atoms with van der Waals surface area (Å²) < 4.78 is 32.2. The van der Waals surface area contributed by atoms with E-state index in [1.54, 1.807) is 0 Å². The maximum atomic E-state index is 12.0. The molecule has 0 radical (unpaired) electrons. The SMILES string of the molecule is O=S(=O)(CCc1ccccc1)NCCc1nnc(-c2ccccc2)o1. The second kappa shape index (κ2) is 8.04. The maximum absolute atomic E-state index is 12.0. The van der Waals surface area contributed by atoms with Crippen LogP contribution in [0, 0.1) is 0 Å². The van der Waals surface area contributed by atoms with Gasteiger partial charge in [0.15, 0.2) is 0 Å². The molecule has 1 aromatic heterocycles. The molecule has 7 heteroatoms. The molecular formula is C18H19N3O3S. The molecule has 0 saturated heterocycles. The van der Waals surface area contributed by atoms with Crippen LogP contribution in [0.25, 0.3) is 11.5 Å². The number of rotatable bonds is 8. The highest BCUT2D eigenvalue weighted by molar-refractivity contribution is 7.89. The number of nitrogens with zero attached hydrogens (tertiary/aromatic N) is 2. The third-order valence-electron chi connectivity index (χ3n) is 3.65. The molecule has 25 heavy (non-hydrogen) atoms. The molecule has 2 aromatic carbocycles. The molecule has 0 atom stereocenters. The Balaban J connectivity index is 1.48. The number of hydrogen-bond donors (Lipinski definition) is 1. The highest BCUT2D eigenvalue weighted by Gasteiger charge is 2.12. The van der Waals surface area contributed by atoms with Crippen molar-refractivity contribution < 1.29 is 12.8 Å². The summed E-state index contributed by atoms with van der Waals surface area (Å²) in [6, 6.07) is 19.0. The van der Waals surface area contributed by atoms with Crippen LogP contribution in [0.1, 0.15) is 11.5 Å². The van der Waals surface area contributed by atoms with E-state index in [-0.39, 0.29) is 12.3 Å². The lowest BCUT2D eigenvalue weighted by molar-refractivity contribution is 0.502. The molecule has 130 valence electrons. The fourth-order valence-corrected chi connectivity index (χ4v) is 3.40. The van der Waals surface area contributed by atoms with Crippen LogP contribution in [-0.4, -0.2) is 30.9 Å². The van der Waals surface area contributed by atoms with E-state index in [0.29, 0.717) is 24.6 Å². The third-order valence-corrected chi connectivity index (χ3v) is 5.04. The highest BCUT2D eigenvalue weighted by atomic mass is 32.2. The number of benzene rings is 2. The number of nitrogens with one attached hydrogen (secondary N) is 1. The van der Waals surface area contributed by atoms with Crippen molar-refractivity contribution in [1.82, 2.24) is 14.9 Å². The van der Waals surface area contributed by atoms with E-state index in [2.05, 4.69) is 14.9 Å². The van der Waals surface area contributed by atoms with Crippen molar-refractivity contribution in [2.75, 3.05) is 12.3 Å². The van der Waals surface area contributed by atoms with Gasteiger partial charge in [0.05, 0.1) is 5.75 Å². The van der Waals surface area contributed by atoms with Crippen molar-refractivity contribution in [3.63, 3.8) is 0 Å². The Morgan fingerprint density at radius 3 is 2.28 bits per heavy atom. The average Bonchev–Trinajstić information content (AvgIpc) is 3.11. The van der Waals surface area contributed by atoms with Gasteiger partial charge in [-0.15, -0.1) is 10.2 Å². The van der Waals surface area contributed by atoms with Gasteiger partial charge >= 0.3 is 0 Å². The lowest BCUT2D eigenvalue weighted by Gasteiger charge is -2.05. The zero-order valence-electron chi connectivity index (χ0n) is 13.6. The van der Waals surface area contributed by atoms with Crippen LogP contribution in [0.15, 0.2) is 65.1 Å². The molecule has 0 aliphatic heterocycles. The second-order valence-electron chi connectivity index (χ2n) is 5.57. The Bertz CT molecular complexity index is 894. The molecule has 0 amide bonds. The summed E-state index contributed by atoms with van der Waals surface area (Å²) in [4.78, 5) is 0. The van der Waals surface area contributed by atoms with Gasteiger partial charge in [0.1, 0.15) is 0 Å². The molecule has 0 aliphatic rings. The van der Waals surface area contributed by atoms with Crippen molar-refractivity contribution in [2.24, 2.45) is 0 Å². The second-order valence-corrected chi connectivity index (χ2v) is 7.49. The van der Waals surface area contributed by atoms with Crippen molar-refractivity contribution in [3.8, 4) is 11.5 Å². The Labute approximate surface area is 147 Å². The van der Waals surface area contributed by atoms with Gasteiger partial charge in [0.25, 0.3) is 0 Å². The van der Waals surface area contributed by atoms with Gasteiger partial charge in [0.2, 0.25) is 21.8 Å². The molecule has 0 fully saturated rings. The van der Waals surface area contributed by atoms with Crippen LogP contribution >= 0.6 is 0 Å². The summed E-state index contributed by atoms with van der Waals surface area (Å²) >= 11 is 0. The number of hydrogen-bond acceptors (Lipinski definition) is 5. The van der Waals surface area contributed by atoms with E-state index in [4.69, 9.17) is 4.42 Å². The largest absolute Gasteiger partial charge is 0.421 e. The zero-order valence-corrected chi connectivity index (χ0v) is 14.4. The fourth-order valence-electron chi connectivity index (χ4n) is 2.33.